The number of nitriles is 1. The Morgan fingerprint density at radius 2 is 1.71 bits per heavy atom. The average molecular weight is 528 g/mol. The number of hydrogen-bond acceptors (Lipinski definition) is 8. The van der Waals surface area contributed by atoms with Crippen molar-refractivity contribution in [1.82, 2.24) is 4.98 Å². The van der Waals surface area contributed by atoms with Crippen molar-refractivity contribution in [3.05, 3.63) is 88.6 Å². The summed E-state index contributed by atoms with van der Waals surface area (Å²) in [6.07, 6.45) is -0.0349. The SMILES string of the molecule is Cc1ccc(C(=O)COC(=O)c2ccc(N3C(=O)CC(Sc4nc(C(C)C)ccc4C#N)C3=O)cc2)cc1. The number of carbonyl (C=O) groups excluding carboxylic acids is 4. The summed E-state index contributed by atoms with van der Waals surface area (Å²) in [4.78, 5) is 56.2. The number of carbonyl (C=O) groups is 4. The van der Waals surface area contributed by atoms with E-state index in [-0.39, 0.29) is 29.6 Å². The van der Waals surface area contributed by atoms with Gasteiger partial charge in [0.15, 0.2) is 12.4 Å². The zero-order valence-corrected chi connectivity index (χ0v) is 22.0. The highest BCUT2D eigenvalue weighted by Crippen LogP contribution is 2.35. The molecule has 1 unspecified atom stereocenters. The Morgan fingerprint density at radius 1 is 1.05 bits per heavy atom. The number of amides is 2. The molecule has 1 aliphatic rings. The number of ether oxygens (including phenoxy) is 1. The fourth-order valence-corrected chi connectivity index (χ4v) is 4.94. The number of imide groups is 1. The average Bonchev–Trinajstić information content (AvgIpc) is 3.19. The second kappa shape index (κ2) is 11.4. The molecule has 0 aliphatic carbocycles. The highest BCUT2D eigenvalue weighted by molar-refractivity contribution is 8.00. The molecule has 1 atom stereocenters. The third-order valence-corrected chi connectivity index (χ3v) is 7.21. The summed E-state index contributed by atoms with van der Waals surface area (Å²) in [5.74, 6) is -1.67. The number of Topliss-reactive ketones (excluding diaryl/α,β-unsaturated/α-hetero) is 1. The summed E-state index contributed by atoms with van der Waals surface area (Å²) < 4.78 is 5.14. The van der Waals surface area contributed by atoms with E-state index in [0.29, 0.717) is 21.8 Å². The van der Waals surface area contributed by atoms with Crippen LogP contribution in [0.3, 0.4) is 0 Å². The largest absolute Gasteiger partial charge is 0.454 e. The lowest BCUT2D eigenvalue weighted by molar-refractivity contribution is -0.121. The van der Waals surface area contributed by atoms with Crippen LogP contribution in [0.25, 0.3) is 0 Å². The minimum absolute atomic E-state index is 0.0349. The van der Waals surface area contributed by atoms with E-state index < -0.39 is 23.7 Å². The van der Waals surface area contributed by atoms with Crippen LogP contribution < -0.4 is 4.90 Å². The summed E-state index contributed by atoms with van der Waals surface area (Å²) in [7, 11) is 0. The van der Waals surface area contributed by atoms with Crippen LogP contribution in [0.5, 0.6) is 0 Å². The minimum Gasteiger partial charge on any atom is -0.454 e. The molecule has 9 heteroatoms. The predicted molar refractivity (Wildman–Crippen MR) is 142 cm³/mol. The third kappa shape index (κ3) is 5.82. The van der Waals surface area contributed by atoms with Crippen LogP contribution >= 0.6 is 11.8 Å². The summed E-state index contributed by atoms with van der Waals surface area (Å²) in [6.45, 7) is 5.47. The number of ketones is 1. The number of esters is 1. The molecule has 4 rings (SSSR count). The molecule has 2 heterocycles. The Morgan fingerprint density at radius 3 is 2.34 bits per heavy atom. The van der Waals surface area contributed by atoms with Crippen LogP contribution in [0.4, 0.5) is 5.69 Å². The second-order valence-electron chi connectivity index (χ2n) is 9.15. The number of thioether (sulfide) groups is 1. The highest BCUT2D eigenvalue weighted by atomic mass is 32.2. The van der Waals surface area contributed by atoms with Crippen LogP contribution in [-0.4, -0.2) is 40.4 Å². The Bertz CT molecular complexity index is 1440. The second-order valence-corrected chi connectivity index (χ2v) is 10.3. The van der Waals surface area contributed by atoms with Gasteiger partial charge in [-0.05, 0) is 49.2 Å². The molecule has 38 heavy (non-hydrogen) atoms. The number of aromatic nitrogens is 1. The van der Waals surface area contributed by atoms with Crippen molar-refractivity contribution in [2.45, 2.75) is 43.4 Å². The molecular formula is C29H25N3O5S. The van der Waals surface area contributed by atoms with Gasteiger partial charge in [-0.3, -0.25) is 14.4 Å². The molecule has 1 aliphatic heterocycles. The van der Waals surface area contributed by atoms with Gasteiger partial charge in [0, 0.05) is 17.7 Å². The molecule has 3 aromatic rings. The van der Waals surface area contributed by atoms with Gasteiger partial charge < -0.3 is 4.74 Å². The maximum absolute atomic E-state index is 13.1. The van der Waals surface area contributed by atoms with E-state index in [1.165, 1.54) is 24.3 Å². The van der Waals surface area contributed by atoms with Crippen molar-refractivity contribution < 1.29 is 23.9 Å². The number of benzene rings is 2. The fraction of sp³-hybridized carbons (Fsp3) is 0.241. The first-order chi connectivity index (χ1) is 18.2. The van der Waals surface area contributed by atoms with Crippen molar-refractivity contribution in [3.63, 3.8) is 0 Å². The summed E-state index contributed by atoms with van der Waals surface area (Å²) in [5, 5.41) is 9.16. The van der Waals surface area contributed by atoms with Crippen molar-refractivity contribution in [1.29, 1.82) is 5.26 Å². The van der Waals surface area contributed by atoms with Crippen LogP contribution in [0, 0.1) is 18.3 Å². The van der Waals surface area contributed by atoms with E-state index in [4.69, 9.17) is 4.74 Å². The normalized spacial score (nSPS) is 15.0. The Balaban J connectivity index is 1.42. The molecule has 192 valence electrons. The third-order valence-electron chi connectivity index (χ3n) is 6.02. The number of pyridine rings is 1. The Hall–Kier alpha value is -4.29. The molecule has 2 aromatic carbocycles. The van der Waals surface area contributed by atoms with E-state index in [1.54, 1.807) is 36.4 Å². The number of nitrogens with zero attached hydrogens (tertiary/aromatic N) is 3. The van der Waals surface area contributed by atoms with Gasteiger partial charge in [-0.2, -0.15) is 5.26 Å². The first-order valence-corrected chi connectivity index (χ1v) is 12.9. The molecular weight excluding hydrogens is 502 g/mol. The van der Waals surface area contributed by atoms with Gasteiger partial charge in [-0.25, -0.2) is 14.7 Å². The number of hydrogen-bond donors (Lipinski definition) is 0. The molecule has 0 spiro atoms. The van der Waals surface area contributed by atoms with Crippen molar-refractivity contribution in [2.24, 2.45) is 0 Å². The van der Waals surface area contributed by atoms with Crippen LogP contribution in [0.1, 0.15) is 63.7 Å². The van der Waals surface area contributed by atoms with Crippen LogP contribution in [-0.2, 0) is 14.3 Å². The van der Waals surface area contributed by atoms with Gasteiger partial charge in [-0.1, -0.05) is 55.4 Å². The first-order valence-electron chi connectivity index (χ1n) is 12.0. The van der Waals surface area contributed by atoms with E-state index in [1.807, 2.05) is 20.8 Å². The van der Waals surface area contributed by atoms with Crippen LogP contribution in [0.15, 0.2) is 65.7 Å². The molecule has 0 radical (unpaired) electrons. The van der Waals surface area contributed by atoms with Gasteiger partial charge in [0.05, 0.1) is 22.1 Å². The molecule has 2 amide bonds. The molecule has 0 N–H and O–H groups in total. The van der Waals surface area contributed by atoms with E-state index in [9.17, 15) is 24.4 Å². The Kier molecular flexibility index (Phi) is 8.03. The maximum Gasteiger partial charge on any atom is 0.338 e. The lowest BCUT2D eigenvalue weighted by Crippen LogP contribution is -2.31. The zero-order chi connectivity index (χ0) is 27.4. The lowest BCUT2D eigenvalue weighted by Gasteiger charge is -2.16. The summed E-state index contributed by atoms with van der Waals surface area (Å²) in [5.41, 5.74) is 3.11. The number of rotatable bonds is 8. The summed E-state index contributed by atoms with van der Waals surface area (Å²) >= 11 is 1.11. The van der Waals surface area contributed by atoms with Gasteiger partial charge >= 0.3 is 5.97 Å². The molecule has 1 saturated heterocycles. The number of aryl methyl sites for hydroxylation is 1. The van der Waals surface area contributed by atoms with Gasteiger partial charge in [0.2, 0.25) is 11.8 Å². The van der Waals surface area contributed by atoms with Crippen molar-refractivity contribution >= 4 is 41.0 Å². The van der Waals surface area contributed by atoms with Gasteiger partial charge in [0.25, 0.3) is 0 Å². The highest BCUT2D eigenvalue weighted by Gasteiger charge is 2.40. The summed E-state index contributed by atoms with van der Waals surface area (Å²) in [6, 6.07) is 18.4. The molecule has 0 saturated carbocycles. The van der Waals surface area contributed by atoms with Gasteiger partial charge in [-0.15, -0.1) is 0 Å². The van der Waals surface area contributed by atoms with Gasteiger partial charge in [0.1, 0.15) is 11.1 Å². The molecule has 1 aromatic heterocycles. The maximum atomic E-state index is 13.1. The molecule has 0 bridgehead atoms. The molecule has 1 fully saturated rings. The zero-order valence-electron chi connectivity index (χ0n) is 21.1. The van der Waals surface area contributed by atoms with E-state index in [2.05, 4.69) is 11.1 Å². The lowest BCUT2D eigenvalue weighted by atomic mass is 10.1. The quantitative estimate of drug-likeness (QED) is 0.232. The predicted octanol–water partition coefficient (Wildman–Crippen LogP) is 4.85. The monoisotopic (exact) mass is 527 g/mol. The van der Waals surface area contributed by atoms with E-state index >= 15 is 0 Å². The topological polar surface area (TPSA) is 117 Å². The molecule has 8 nitrogen and oxygen atoms in total. The smallest absolute Gasteiger partial charge is 0.338 e. The Labute approximate surface area is 224 Å². The van der Waals surface area contributed by atoms with Crippen molar-refractivity contribution in [2.75, 3.05) is 11.5 Å². The minimum atomic E-state index is -0.720. The van der Waals surface area contributed by atoms with E-state index in [0.717, 1.165) is 27.9 Å². The van der Waals surface area contributed by atoms with Crippen LogP contribution in [0.2, 0.25) is 0 Å². The standard InChI is InChI=1S/C29H25N3O5S/c1-17(2)23-13-10-21(15-30)27(31-23)38-25-14-26(34)32(28(25)35)22-11-8-20(9-12-22)29(36)37-16-24(33)19-6-4-18(3)5-7-19/h4-13,17,25H,14,16H2,1-3H3. The fourth-order valence-electron chi connectivity index (χ4n) is 3.84. The first kappa shape index (κ1) is 26.8. The van der Waals surface area contributed by atoms with Crippen molar-refractivity contribution in [3.8, 4) is 6.07 Å². The number of anilines is 1.